The third kappa shape index (κ3) is 3.17. The minimum Gasteiger partial charge on any atom is -0.329 e. The predicted molar refractivity (Wildman–Crippen MR) is 92.0 cm³/mol. The summed E-state index contributed by atoms with van der Waals surface area (Å²) in [5.74, 6) is 0. The van der Waals surface area contributed by atoms with Crippen LogP contribution in [0.1, 0.15) is 56.2 Å². The van der Waals surface area contributed by atoms with Crippen LogP contribution in [0.5, 0.6) is 0 Å². The van der Waals surface area contributed by atoms with Gasteiger partial charge in [-0.05, 0) is 63.1 Å². The van der Waals surface area contributed by atoms with Gasteiger partial charge in [-0.1, -0.05) is 24.4 Å². The summed E-state index contributed by atoms with van der Waals surface area (Å²) in [6.07, 6.45) is 11.1. The molecule has 0 unspecified atom stereocenters. The summed E-state index contributed by atoms with van der Waals surface area (Å²) in [5.41, 5.74) is 7.09. The summed E-state index contributed by atoms with van der Waals surface area (Å²) in [4.78, 5) is 3.84. The zero-order valence-corrected chi connectivity index (χ0v) is 14.6. The second-order valence-electron chi connectivity index (χ2n) is 7.20. The molecule has 2 fully saturated rings. The number of likely N-dealkylation sites (N-methyl/N-ethyl adjacent to an activating group) is 1. The first-order valence-electron chi connectivity index (χ1n) is 8.23. The highest BCUT2D eigenvalue weighted by atomic mass is 35.5. The van der Waals surface area contributed by atoms with Crippen LogP contribution >= 0.6 is 22.9 Å². The molecule has 1 heterocycles. The maximum absolute atomic E-state index is 6.22. The average molecular weight is 327 g/mol. The fourth-order valence-corrected chi connectivity index (χ4v) is 5.59. The molecule has 2 saturated carbocycles. The fourth-order valence-electron chi connectivity index (χ4n) is 4.45. The van der Waals surface area contributed by atoms with Crippen molar-refractivity contribution in [3.63, 3.8) is 0 Å². The standard InChI is InChI=1S/C17H27ClN2S/c1-20(12-14-4-5-15(18)21-14)17(13-19)10-8-16(9-11-17)6-2-3-7-16/h4-5H,2-3,6-13,19H2,1H3. The molecule has 3 rings (SSSR count). The van der Waals surface area contributed by atoms with Gasteiger partial charge >= 0.3 is 0 Å². The van der Waals surface area contributed by atoms with Crippen molar-refractivity contribution in [3.8, 4) is 0 Å². The van der Waals surface area contributed by atoms with Gasteiger partial charge in [-0.25, -0.2) is 0 Å². The van der Waals surface area contributed by atoms with Gasteiger partial charge < -0.3 is 5.73 Å². The van der Waals surface area contributed by atoms with E-state index in [9.17, 15) is 0 Å². The van der Waals surface area contributed by atoms with Gasteiger partial charge in [0.05, 0.1) is 4.34 Å². The Morgan fingerprint density at radius 2 is 1.81 bits per heavy atom. The molecule has 0 atom stereocenters. The third-order valence-electron chi connectivity index (χ3n) is 6.12. The Kier molecular flexibility index (Phi) is 4.66. The number of nitrogens with two attached hydrogens (primary N) is 1. The van der Waals surface area contributed by atoms with E-state index in [0.29, 0.717) is 5.41 Å². The van der Waals surface area contributed by atoms with Crippen LogP contribution in [0.4, 0.5) is 0 Å². The zero-order valence-electron chi connectivity index (χ0n) is 13.0. The molecule has 1 aromatic heterocycles. The molecule has 0 bridgehead atoms. The Labute approximate surface area is 137 Å². The Bertz CT molecular complexity index is 469. The molecule has 4 heteroatoms. The van der Waals surface area contributed by atoms with Crippen molar-refractivity contribution in [1.82, 2.24) is 4.90 Å². The van der Waals surface area contributed by atoms with Crippen molar-refractivity contribution < 1.29 is 0 Å². The van der Waals surface area contributed by atoms with Crippen LogP contribution < -0.4 is 5.73 Å². The molecule has 2 N–H and O–H groups in total. The monoisotopic (exact) mass is 326 g/mol. The van der Waals surface area contributed by atoms with Crippen molar-refractivity contribution >= 4 is 22.9 Å². The van der Waals surface area contributed by atoms with Crippen LogP contribution in [-0.2, 0) is 6.54 Å². The molecule has 118 valence electrons. The molecule has 0 radical (unpaired) electrons. The molecule has 21 heavy (non-hydrogen) atoms. The highest BCUT2D eigenvalue weighted by Crippen LogP contribution is 2.52. The fraction of sp³-hybridized carbons (Fsp3) is 0.765. The van der Waals surface area contributed by atoms with E-state index in [1.165, 1.54) is 56.2 Å². The van der Waals surface area contributed by atoms with Gasteiger partial charge in [0.25, 0.3) is 0 Å². The van der Waals surface area contributed by atoms with Crippen LogP contribution in [0.15, 0.2) is 12.1 Å². The van der Waals surface area contributed by atoms with E-state index in [0.717, 1.165) is 17.4 Å². The van der Waals surface area contributed by atoms with Crippen molar-refractivity contribution in [1.29, 1.82) is 0 Å². The lowest BCUT2D eigenvalue weighted by Crippen LogP contribution is -2.54. The van der Waals surface area contributed by atoms with Crippen LogP contribution in [0.3, 0.4) is 0 Å². The third-order valence-corrected chi connectivity index (χ3v) is 7.33. The van der Waals surface area contributed by atoms with Crippen LogP contribution in [0.25, 0.3) is 0 Å². The van der Waals surface area contributed by atoms with Crippen LogP contribution in [0, 0.1) is 5.41 Å². The normalized spacial score (nSPS) is 24.0. The molecule has 0 aliphatic heterocycles. The Morgan fingerprint density at radius 3 is 2.33 bits per heavy atom. The summed E-state index contributed by atoms with van der Waals surface area (Å²) < 4.78 is 0.883. The topological polar surface area (TPSA) is 29.3 Å². The maximum Gasteiger partial charge on any atom is 0.0931 e. The number of hydrogen-bond donors (Lipinski definition) is 1. The summed E-state index contributed by atoms with van der Waals surface area (Å²) in [6, 6.07) is 4.15. The average Bonchev–Trinajstić information content (AvgIpc) is 3.10. The molecular formula is C17H27ClN2S. The Hall–Kier alpha value is -0.0900. The lowest BCUT2D eigenvalue weighted by Gasteiger charge is -2.49. The Balaban J connectivity index is 1.66. The van der Waals surface area contributed by atoms with Gasteiger partial charge in [0, 0.05) is 23.5 Å². The summed E-state index contributed by atoms with van der Waals surface area (Å²) in [6.45, 7) is 1.75. The summed E-state index contributed by atoms with van der Waals surface area (Å²) in [7, 11) is 2.24. The number of thiophene rings is 1. The highest BCUT2D eigenvalue weighted by molar-refractivity contribution is 7.16. The molecule has 0 amide bonds. The van der Waals surface area contributed by atoms with Crippen molar-refractivity contribution in [2.75, 3.05) is 13.6 Å². The first-order valence-corrected chi connectivity index (χ1v) is 9.43. The van der Waals surface area contributed by atoms with Crippen molar-refractivity contribution in [2.24, 2.45) is 11.1 Å². The lowest BCUT2D eigenvalue weighted by atomic mass is 9.66. The minimum absolute atomic E-state index is 0.199. The SMILES string of the molecule is CN(Cc1ccc(Cl)s1)C1(CN)CCC2(CCCC2)CC1. The molecule has 1 spiro atoms. The van der Waals surface area contributed by atoms with E-state index < -0.39 is 0 Å². The number of nitrogens with zero attached hydrogens (tertiary/aromatic N) is 1. The minimum atomic E-state index is 0.199. The van der Waals surface area contributed by atoms with Gasteiger partial charge in [0.15, 0.2) is 0 Å². The van der Waals surface area contributed by atoms with E-state index in [1.807, 2.05) is 6.07 Å². The molecule has 2 aliphatic carbocycles. The van der Waals surface area contributed by atoms with E-state index in [1.54, 1.807) is 11.3 Å². The van der Waals surface area contributed by atoms with Gasteiger partial charge in [-0.3, -0.25) is 4.90 Å². The van der Waals surface area contributed by atoms with Gasteiger partial charge in [-0.2, -0.15) is 0 Å². The largest absolute Gasteiger partial charge is 0.329 e. The maximum atomic E-state index is 6.22. The quantitative estimate of drug-likeness (QED) is 0.871. The van der Waals surface area contributed by atoms with E-state index >= 15 is 0 Å². The molecular weight excluding hydrogens is 300 g/mol. The molecule has 0 saturated heterocycles. The molecule has 2 aliphatic rings. The second kappa shape index (κ2) is 6.19. The van der Waals surface area contributed by atoms with Crippen LogP contribution in [0.2, 0.25) is 4.34 Å². The van der Waals surface area contributed by atoms with E-state index in [2.05, 4.69) is 18.0 Å². The molecule has 0 aromatic carbocycles. The predicted octanol–water partition coefficient (Wildman–Crippen LogP) is 4.67. The van der Waals surface area contributed by atoms with Crippen LogP contribution in [-0.4, -0.2) is 24.0 Å². The molecule has 1 aromatic rings. The first kappa shape index (κ1) is 15.8. The summed E-state index contributed by atoms with van der Waals surface area (Å²) >= 11 is 7.75. The number of halogens is 1. The first-order chi connectivity index (χ1) is 10.1. The molecule has 2 nitrogen and oxygen atoms in total. The van der Waals surface area contributed by atoms with Crippen molar-refractivity contribution in [3.05, 3.63) is 21.3 Å². The van der Waals surface area contributed by atoms with Gasteiger partial charge in [0.1, 0.15) is 0 Å². The zero-order chi connectivity index (χ0) is 14.9. The van der Waals surface area contributed by atoms with E-state index in [-0.39, 0.29) is 5.54 Å². The second-order valence-corrected chi connectivity index (χ2v) is 9.00. The Morgan fingerprint density at radius 1 is 1.14 bits per heavy atom. The lowest BCUT2D eigenvalue weighted by molar-refractivity contribution is 0.0263. The highest BCUT2D eigenvalue weighted by Gasteiger charge is 2.45. The summed E-state index contributed by atoms with van der Waals surface area (Å²) in [5, 5.41) is 0. The van der Waals surface area contributed by atoms with Gasteiger partial charge in [-0.15, -0.1) is 11.3 Å². The van der Waals surface area contributed by atoms with Crippen molar-refractivity contribution in [2.45, 2.75) is 63.5 Å². The number of hydrogen-bond acceptors (Lipinski definition) is 3. The number of rotatable bonds is 4. The smallest absolute Gasteiger partial charge is 0.0931 e. The van der Waals surface area contributed by atoms with Gasteiger partial charge in [0.2, 0.25) is 0 Å². The van der Waals surface area contributed by atoms with E-state index in [4.69, 9.17) is 17.3 Å².